The molecule has 3 nitrogen and oxygen atoms in total. The summed E-state index contributed by atoms with van der Waals surface area (Å²) in [5.41, 5.74) is 2.80. The number of benzene rings is 1. The van der Waals surface area contributed by atoms with Crippen molar-refractivity contribution in [1.82, 2.24) is 4.57 Å². The van der Waals surface area contributed by atoms with Crippen molar-refractivity contribution in [3.05, 3.63) is 30.1 Å². The molecule has 1 heterocycles. The first-order valence-corrected chi connectivity index (χ1v) is 4.13. The predicted molar refractivity (Wildman–Crippen MR) is 49.5 cm³/mol. The average molecular weight is 175 g/mol. The van der Waals surface area contributed by atoms with Gasteiger partial charge in [0, 0.05) is 0 Å². The van der Waals surface area contributed by atoms with Crippen molar-refractivity contribution >= 4 is 17.3 Å². The van der Waals surface area contributed by atoms with Gasteiger partial charge < -0.3 is 0 Å². The molecule has 0 saturated heterocycles. The number of para-hydroxylation sites is 1. The number of fused-ring (bicyclic) bond motifs is 1. The van der Waals surface area contributed by atoms with Crippen molar-refractivity contribution in [1.29, 1.82) is 0 Å². The minimum absolute atomic E-state index is 0.737. The van der Waals surface area contributed by atoms with E-state index < -0.39 is 0 Å². The molecule has 2 rings (SSSR count). The molecule has 3 heteroatoms. The molecule has 0 atom stereocenters. The lowest BCUT2D eigenvalue weighted by Gasteiger charge is -1.91. The summed E-state index contributed by atoms with van der Waals surface area (Å²) in [5.74, 6) is 0. The largest absolute Gasteiger partial charge is 0.298 e. The summed E-state index contributed by atoms with van der Waals surface area (Å²) in [7, 11) is 3.91. The molecule has 66 valence electrons. The molecule has 0 aliphatic carbocycles. The second kappa shape index (κ2) is 2.69. The van der Waals surface area contributed by atoms with Crippen LogP contribution in [0, 0.1) is 0 Å². The lowest BCUT2D eigenvalue weighted by atomic mass is 10.2. The standard InChI is InChI=1S/C10H11N2O/c1-11-7-12(2)10-8(6-13)4-3-5-9(10)11/h3-7H,1-2H3/q+1. The molecule has 0 aliphatic rings. The third kappa shape index (κ3) is 1.04. The molecular formula is C10H11N2O+. The Morgan fingerprint density at radius 2 is 2.23 bits per heavy atom. The molecule has 1 aromatic carbocycles. The van der Waals surface area contributed by atoms with Crippen LogP contribution in [0.3, 0.4) is 0 Å². The molecular weight excluding hydrogens is 164 g/mol. The third-order valence-corrected chi connectivity index (χ3v) is 2.25. The zero-order chi connectivity index (χ0) is 9.42. The highest BCUT2D eigenvalue weighted by Gasteiger charge is 2.13. The third-order valence-electron chi connectivity index (χ3n) is 2.25. The number of imidazole rings is 1. The van der Waals surface area contributed by atoms with Gasteiger partial charge in [-0.2, -0.15) is 0 Å². The zero-order valence-electron chi connectivity index (χ0n) is 7.69. The van der Waals surface area contributed by atoms with E-state index in [-0.39, 0.29) is 0 Å². The van der Waals surface area contributed by atoms with E-state index in [9.17, 15) is 4.79 Å². The van der Waals surface area contributed by atoms with Gasteiger partial charge in [-0.1, -0.05) is 6.07 Å². The summed E-state index contributed by atoms with van der Waals surface area (Å²) >= 11 is 0. The van der Waals surface area contributed by atoms with Crippen LogP contribution in [0.2, 0.25) is 0 Å². The van der Waals surface area contributed by atoms with Crippen molar-refractivity contribution < 1.29 is 9.36 Å². The van der Waals surface area contributed by atoms with E-state index in [1.807, 2.05) is 47.8 Å². The summed E-state index contributed by atoms with van der Waals surface area (Å²) in [6.45, 7) is 0. The van der Waals surface area contributed by atoms with Crippen molar-refractivity contribution in [3.63, 3.8) is 0 Å². The Kier molecular flexibility index (Phi) is 1.65. The van der Waals surface area contributed by atoms with Crippen molar-refractivity contribution in [3.8, 4) is 0 Å². The summed E-state index contributed by atoms with van der Waals surface area (Å²) in [4.78, 5) is 10.8. The Bertz CT molecular complexity index is 471. The minimum atomic E-state index is 0.737. The number of aldehydes is 1. The Hall–Kier alpha value is -1.64. The highest BCUT2D eigenvalue weighted by atomic mass is 16.1. The number of hydrogen-bond acceptors (Lipinski definition) is 1. The van der Waals surface area contributed by atoms with Gasteiger partial charge in [-0.05, 0) is 12.1 Å². The number of carbonyl (C=O) groups excluding carboxylic acids is 1. The van der Waals surface area contributed by atoms with Crippen LogP contribution in [-0.2, 0) is 14.1 Å². The summed E-state index contributed by atoms with van der Waals surface area (Å²) in [5, 5.41) is 0. The van der Waals surface area contributed by atoms with Crippen LogP contribution < -0.4 is 4.57 Å². The van der Waals surface area contributed by atoms with Gasteiger partial charge in [-0.15, -0.1) is 0 Å². The normalized spacial score (nSPS) is 10.6. The van der Waals surface area contributed by atoms with Gasteiger partial charge in [-0.3, -0.25) is 4.79 Å². The second-order valence-electron chi connectivity index (χ2n) is 3.17. The van der Waals surface area contributed by atoms with Crippen LogP contribution in [0.25, 0.3) is 11.0 Å². The number of aromatic nitrogens is 2. The van der Waals surface area contributed by atoms with E-state index in [0.717, 1.165) is 22.9 Å². The number of rotatable bonds is 1. The first kappa shape index (κ1) is 7.98. The van der Waals surface area contributed by atoms with Gasteiger partial charge in [0.2, 0.25) is 6.33 Å². The molecule has 0 unspecified atom stereocenters. The molecule has 13 heavy (non-hydrogen) atoms. The molecule has 0 N–H and O–H groups in total. The van der Waals surface area contributed by atoms with E-state index in [1.165, 1.54) is 0 Å². The first-order valence-electron chi connectivity index (χ1n) is 4.13. The maximum Gasteiger partial charge on any atom is 0.244 e. The van der Waals surface area contributed by atoms with Crippen LogP contribution in [0.15, 0.2) is 24.5 Å². The average Bonchev–Trinajstić information content (AvgIpc) is 2.43. The van der Waals surface area contributed by atoms with Crippen LogP contribution in [-0.4, -0.2) is 10.9 Å². The lowest BCUT2D eigenvalue weighted by molar-refractivity contribution is -0.645. The van der Waals surface area contributed by atoms with E-state index in [0.29, 0.717) is 0 Å². The Morgan fingerprint density at radius 3 is 2.92 bits per heavy atom. The number of aryl methyl sites for hydroxylation is 2. The van der Waals surface area contributed by atoms with Crippen LogP contribution in [0.1, 0.15) is 10.4 Å². The van der Waals surface area contributed by atoms with E-state index in [4.69, 9.17) is 0 Å². The van der Waals surface area contributed by atoms with Gasteiger partial charge in [0.15, 0.2) is 17.3 Å². The molecule has 0 saturated carbocycles. The number of nitrogens with zero attached hydrogens (tertiary/aromatic N) is 2. The smallest absolute Gasteiger partial charge is 0.244 e. The van der Waals surface area contributed by atoms with Crippen molar-refractivity contribution in [2.75, 3.05) is 0 Å². The lowest BCUT2D eigenvalue weighted by Crippen LogP contribution is -2.26. The van der Waals surface area contributed by atoms with Crippen molar-refractivity contribution in [2.45, 2.75) is 0 Å². The minimum Gasteiger partial charge on any atom is -0.298 e. The van der Waals surface area contributed by atoms with Crippen LogP contribution >= 0.6 is 0 Å². The molecule has 0 fully saturated rings. The molecule has 0 spiro atoms. The number of hydrogen-bond donors (Lipinski definition) is 0. The predicted octanol–water partition coefficient (Wildman–Crippen LogP) is 0.815. The second-order valence-corrected chi connectivity index (χ2v) is 3.17. The molecule has 2 aromatic rings. The summed E-state index contributed by atoms with van der Waals surface area (Å²) in [6, 6.07) is 5.73. The highest BCUT2D eigenvalue weighted by Crippen LogP contribution is 2.12. The van der Waals surface area contributed by atoms with E-state index >= 15 is 0 Å². The van der Waals surface area contributed by atoms with Crippen LogP contribution in [0.5, 0.6) is 0 Å². The fraction of sp³-hybridized carbons (Fsp3) is 0.200. The monoisotopic (exact) mass is 175 g/mol. The quantitative estimate of drug-likeness (QED) is 0.465. The Morgan fingerprint density at radius 1 is 1.46 bits per heavy atom. The molecule has 1 aromatic heterocycles. The Labute approximate surface area is 76.2 Å². The first-order chi connectivity index (χ1) is 6.24. The maximum atomic E-state index is 10.8. The van der Waals surface area contributed by atoms with Gasteiger partial charge in [0.25, 0.3) is 0 Å². The topological polar surface area (TPSA) is 25.9 Å². The Balaban J connectivity index is 2.96. The van der Waals surface area contributed by atoms with Gasteiger partial charge >= 0.3 is 0 Å². The van der Waals surface area contributed by atoms with Gasteiger partial charge in [0.1, 0.15) is 0 Å². The summed E-state index contributed by atoms with van der Waals surface area (Å²) < 4.78 is 3.96. The van der Waals surface area contributed by atoms with Gasteiger partial charge in [-0.25, -0.2) is 9.13 Å². The van der Waals surface area contributed by atoms with Crippen molar-refractivity contribution in [2.24, 2.45) is 14.1 Å². The molecule has 0 aliphatic heterocycles. The van der Waals surface area contributed by atoms with Gasteiger partial charge in [0.05, 0.1) is 19.7 Å². The SMILES string of the molecule is Cn1c[n+](C)c2c(C=O)cccc21. The zero-order valence-corrected chi connectivity index (χ0v) is 7.69. The van der Waals surface area contributed by atoms with E-state index in [2.05, 4.69) is 0 Å². The highest BCUT2D eigenvalue weighted by molar-refractivity contribution is 5.92. The molecule has 0 amide bonds. The molecule has 0 bridgehead atoms. The fourth-order valence-electron chi connectivity index (χ4n) is 1.69. The summed E-state index contributed by atoms with van der Waals surface area (Å²) in [6.07, 6.45) is 2.85. The number of carbonyl (C=O) groups is 1. The van der Waals surface area contributed by atoms with Crippen LogP contribution in [0.4, 0.5) is 0 Å². The molecule has 0 radical (unpaired) electrons. The fourth-order valence-corrected chi connectivity index (χ4v) is 1.69. The maximum absolute atomic E-state index is 10.8. The van der Waals surface area contributed by atoms with E-state index in [1.54, 1.807) is 0 Å².